The lowest BCUT2D eigenvalue weighted by atomic mass is 9.98. The quantitative estimate of drug-likeness (QED) is 0.183. The molecular formula is C36H49N3O5S. The molecule has 244 valence electrons. The molecule has 2 aliphatic rings. The van der Waals surface area contributed by atoms with E-state index in [-0.39, 0.29) is 11.1 Å². The topological polar surface area (TPSA) is 70.9 Å². The number of methoxy groups -OCH3 is 3. The minimum absolute atomic E-state index is 0.134. The molecule has 2 heterocycles. The number of hydrogen-bond acceptors (Lipinski definition) is 8. The highest BCUT2D eigenvalue weighted by atomic mass is 32.2. The zero-order chi connectivity index (χ0) is 31.8. The van der Waals surface area contributed by atoms with Crippen molar-refractivity contribution in [1.29, 1.82) is 0 Å². The van der Waals surface area contributed by atoms with Crippen LogP contribution in [0.1, 0.15) is 55.8 Å². The SMILES string of the molecule is CCC1(c2ccccc2OCCCCN2CCN(CCc3cc(OC)c(OC)c(OC)c3)CC2)Sc2ccccc2C(C)[NH+]1[O-]. The predicted molar refractivity (Wildman–Crippen MR) is 181 cm³/mol. The second-order valence-electron chi connectivity index (χ2n) is 11.9. The molecule has 8 nitrogen and oxygen atoms in total. The third-order valence-corrected chi connectivity index (χ3v) is 11.0. The van der Waals surface area contributed by atoms with Gasteiger partial charge in [-0.3, -0.25) is 0 Å². The van der Waals surface area contributed by atoms with Gasteiger partial charge in [0.1, 0.15) is 11.8 Å². The second kappa shape index (κ2) is 15.6. The summed E-state index contributed by atoms with van der Waals surface area (Å²) < 4.78 is 22.9. The first-order valence-corrected chi connectivity index (χ1v) is 17.0. The number of hydrogen-bond donors (Lipinski definition) is 1. The minimum atomic E-state index is -0.629. The van der Waals surface area contributed by atoms with Gasteiger partial charge in [-0.2, -0.15) is 0 Å². The van der Waals surface area contributed by atoms with Crippen molar-refractivity contribution < 1.29 is 24.0 Å². The Morgan fingerprint density at radius 1 is 0.844 bits per heavy atom. The van der Waals surface area contributed by atoms with Crippen LogP contribution in [-0.2, 0) is 11.3 Å². The number of piperazine rings is 1. The van der Waals surface area contributed by atoms with Crippen molar-refractivity contribution in [2.24, 2.45) is 0 Å². The fraction of sp³-hybridized carbons (Fsp3) is 0.500. The van der Waals surface area contributed by atoms with E-state index in [0.29, 0.717) is 23.9 Å². The van der Waals surface area contributed by atoms with Crippen LogP contribution in [0.15, 0.2) is 65.6 Å². The Hall–Kier alpha value is -2.95. The van der Waals surface area contributed by atoms with E-state index in [2.05, 4.69) is 41.0 Å². The Kier molecular flexibility index (Phi) is 11.6. The van der Waals surface area contributed by atoms with Gasteiger partial charge < -0.3 is 39.0 Å². The Balaban J connectivity index is 1.08. The summed E-state index contributed by atoms with van der Waals surface area (Å²) in [5.74, 6) is 2.88. The molecule has 3 aromatic carbocycles. The van der Waals surface area contributed by atoms with Crippen molar-refractivity contribution in [2.75, 3.05) is 67.2 Å². The summed E-state index contributed by atoms with van der Waals surface area (Å²) in [6.45, 7) is 11.2. The average molecular weight is 636 g/mol. The highest BCUT2D eigenvalue weighted by Crippen LogP contribution is 2.48. The Bertz CT molecular complexity index is 1370. The molecule has 3 atom stereocenters. The van der Waals surface area contributed by atoms with Crippen LogP contribution >= 0.6 is 11.8 Å². The normalized spacial score (nSPS) is 22.1. The van der Waals surface area contributed by atoms with Gasteiger partial charge in [0.05, 0.1) is 33.5 Å². The number of para-hydroxylation sites is 1. The van der Waals surface area contributed by atoms with E-state index in [4.69, 9.17) is 18.9 Å². The van der Waals surface area contributed by atoms with Crippen LogP contribution in [0.25, 0.3) is 0 Å². The first kappa shape index (κ1) is 33.4. The molecule has 9 heteroatoms. The molecule has 45 heavy (non-hydrogen) atoms. The molecule has 0 spiro atoms. The smallest absolute Gasteiger partial charge is 0.203 e. The van der Waals surface area contributed by atoms with Crippen LogP contribution in [0.4, 0.5) is 0 Å². The van der Waals surface area contributed by atoms with Crippen molar-refractivity contribution in [3.63, 3.8) is 0 Å². The minimum Gasteiger partial charge on any atom is -0.633 e. The standard InChI is InChI=1S/C36H49N3O5S/c1-6-36(39(40)27(2)29-13-7-10-16-34(29)45-36)30-14-8-9-15-31(30)44-24-12-11-18-37-20-22-38(23-21-37)19-17-28-25-32(41-3)35(43-5)33(26-28)42-4/h7-10,13-16,25-27,39H,6,11-12,17-24H2,1-5H3. The number of thioether (sulfide) groups is 1. The third-order valence-electron chi connectivity index (χ3n) is 9.31. The number of rotatable bonds is 14. The fourth-order valence-electron chi connectivity index (χ4n) is 6.63. The molecule has 0 radical (unpaired) electrons. The summed E-state index contributed by atoms with van der Waals surface area (Å²) in [4.78, 5) is 5.66. The van der Waals surface area contributed by atoms with Crippen molar-refractivity contribution in [1.82, 2.24) is 9.80 Å². The number of nitrogens with zero attached hydrogens (tertiary/aromatic N) is 2. The van der Waals surface area contributed by atoms with Gasteiger partial charge in [0.15, 0.2) is 16.4 Å². The molecule has 3 unspecified atom stereocenters. The van der Waals surface area contributed by atoms with Crippen LogP contribution in [0.5, 0.6) is 23.0 Å². The monoisotopic (exact) mass is 635 g/mol. The number of fused-ring (bicyclic) bond motifs is 1. The lowest BCUT2D eigenvalue weighted by Gasteiger charge is -2.49. The van der Waals surface area contributed by atoms with Crippen molar-refractivity contribution >= 4 is 11.8 Å². The van der Waals surface area contributed by atoms with Gasteiger partial charge in [0, 0.05) is 49.6 Å². The van der Waals surface area contributed by atoms with E-state index < -0.39 is 4.87 Å². The number of ether oxygens (including phenoxy) is 4. The van der Waals surface area contributed by atoms with Crippen molar-refractivity contribution in [3.05, 3.63) is 82.6 Å². The zero-order valence-electron chi connectivity index (χ0n) is 27.5. The van der Waals surface area contributed by atoms with Gasteiger partial charge in [-0.15, -0.1) is 0 Å². The Labute approximate surface area is 273 Å². The van der Waals surface area contributed by atoms with Gasteiger partial charge in [-0.1, -0.05) is 49.0 Å². The lowest BCUT2D eigenvalue weighted by Crippen LogP contribution is -3.14. The number of benzene rings is 3. The summed E-state index contributed by atoms with van der Waals surface area (Å²) in [6.07, 6.45) is 3.73. The van der Waals surface area contributed by atoms with Gasteiger partial charge in [0.25, 0.3) is 0 Å². The van der Waals surface area contributed by atoms with Gasteiger partial charge >= 0.3 is 0 Å². The molecule has 0 aromatic heterocycles. The van der Waals surface area contributed by atoms with Crippen LogP contribution in [0.3, 0.4) is 0 Å². The molecule has 0 saturated carbocycles. The summed E-state index contributed by atoms with van der Waals surface area (Å²) in [6, 6.07) is 20.4. The first-order chi connectivity index (χ1) is 21.9. The van der Waals surface area contributed by atoms with E-state index in [1.165, 1.54) is 10.5 Å². The highest BCUT2D eigenvalue weighted by Gasteiger charge is 2.47. The Morgan fingerprint density at radius 2 is 1.49 bits per heavy atom. The number of quaternary nitrogens is 1. The molecule has 0 bridgehead atoms. The van der Waals surface area contributed by atoms with Crippen molar-refractivity contribution in [2.45, 2.75) is 55.3 Å². The van der Waals surface area contributed by atoms with E-state index in [1.54, 1.807) is 33.1 Å². The summed E-state index contributed by atoms with van der Waals surface area (Å²) in [5, 5.41) is 14.1. The number of nitrogens with one attached hydrogen (secondary N) is 1. The average Bonchev–Trinajstić information content (AvgIpc) is 3.09. The second-order valence-corrected chi connectivity index (χ2v) is 13.3. The Morgan fingerprint density at radius 3 is 2.16 bits per heavy atom. The molecule has 0 aliphatic carbocycles. The molecule has 1 N–H and O–H groups in total. The summed E-state index contributed by atoms with van der Waals surface area (Å²) >= 11 is 1.70. The summed E-state index contributed by atoms with van der Waals surface area (Å²) in [7, 11) is 4.95. The van der Waals surface area contributed by atoms with Gasteiger partial charge in [-0.25, -0.2) is 0 Å². The van der Waals surface area contributed by atoms with E-state index in [1.807, 2.05) is 43.3 Å². The maximum absolute atomic E-state index is 13.9. The molecular weight excluding hydrogens is 586 g/mol. The molecule has 1 fully saturated rings. The van der Waals surface area contributed by atoms with E-state index in [0.717, 1.165) is 81.8 Å². The maximum atomic E-state index is 13.9. The number of hydroxylamine groups is 2. The summed E-state index contributed by atoms with van der Waals surface area (Å²) in [5.41, 5.74) is 3.32. The predicted octanol–water partition coefficient (Wildman–Crippen LogP) is 5.54. The van der Waals surface area contributed by atoms with E-state index in [9.17, 15) is 5.21 Å². The van der Waals surface area contributed by atoms with Crippen LogP contribution in [0, 0.1) is 5.21 Å². The fourth-order valence-corrected chi connectivity index (χ4v) is 8.22. The zero-order valence-corrected chi connectivity index (χ0v) is 28.3. The van der Waals surface area contributed by atoms with Gasteiger partial charge in [-0.05, 0) is 68.6 Å². The van der Waals surface area contributed by atoms with Gasteiger partial charge in [0.2, 0.25) is 5.75 Å². The van der Waals surface area contributed by atoms with Crippen molar-refractivity contribution in [3.8, 4) is 23.0 Å². The molecule has 0 amide bonds. The largest absolute Gasteiger partial charge is 0.633 e. The molecule has 2 aliphatic heterocycles. The van der Waals surface area contributed by atoms with Crippen LogP contribution < -0.4 is 24.0 Å². The van der Waals surface area contributed by atoms with Crippen LogP contribution in [-0.4, -0.2) is 77.0 Å². The first-order valence-electron chi connectivity index (χ1n) is 16.2. The van der Waals surface area contributed by atoms with Crippen LogP contribution in [0.2, 0.25) is 0 Å². The molecule has 3 aromatic rings. The lowest BCUT2D eigenvalue weighted by molar-refractivity contribution is -0.925. The van der Waals surface area contributed by atoms with E-state index >= 15 is 0 Å². The number of unbranched alkanes of at least 4 members (excludes halogenated alkanes) is 1. The highest BCUT2D eigenvalue weighted by molar-refractivity contribution is 8.00. The third kappa shape index (κ3) is 7.39. The molecule has 5 rings (SSSR count). The maximum Gasteiger partial charge on any atom is 0.203 e. The molecule has 1 saturated heterocycles.